The maximum Gasteiger partial charge on any atom is 0.0720 e. The third kappa shape index (κ3) is 5.23. The standard InChI is InChI=1S/C17H27NO2/c1-3-14(2)19-12-15-4-6-16(7-5-15)13-20-17-8-10-18-11-9-17/h4-7,14,17-18H,3,8-13H2,1-2H3. The zero-order valence-electron chi connectivity index (χ0n) is 12.7. The van der Waals surface area contributed by atoms with Gasteiger partial charge in [-0.2, -0.15) is 0 Å². The van der Waals surface area contributed by atoms with Gasteiger partial charge >= 0.3 is 0 Å². The average molecular weight is 277 g/mol. The van der Waals surface area contributed by atoms with Crippen LogP contribution in [0.3, 0.4) is 0 Å². The van der Waals surface area contributed by atoms with Gasteiger partial charge in [0.2, 0.25) is 0 Å². The Balaban J connectivity index is 1.73. The monoisotopic (exact) mass is 277 g/mol. The van der Waals surface area contributed by atoms with Crippen molar-refractivity contribution in [3.05, 3.63) is 35.4 Å². The van der Waals surface area contributed by atoms with Gasteiger partial charge in [0, 0.05) is 0 Å². The van der Waals surface area contributed by atoms with Crippen molar-refractivity contribution in [2.24, 2.45) is 0 Å². The van der Waals surface area contributed by atoms with Gasteiger partial charge in [-0.25, -0.2) is 0 Å². The van der Waals surface area contributed by atoms with Gasteiger partial charge in [-0.05, 0) is 50.4 Å². The molecule has 0 radical (unpaired) electrons. The van der Waals surface area contributed by atoms with Crippen LogP contribution in [0, 0.1) is 0 Å². The topological polar surface area (TPSA) is 30.5 Å². The minimum absolute atomic E-state index is 0.331. The molecule has 1 N–H and O–H groups in total. The molecular weight excluding hydrogens is 250 g/mol. The molecule has 1 aliphatic rings. The van der Waals surface area contributed by atoms with Crippen molar-refractivity contribution in [1.29, 1.82) is 0 Å². The number of hydrogen-bond acceptors (Lipinski definition) is 3. The fourth-order valence-electron chi connectivity index (χ4n) is 2.26. The van der Waals surface area contributed by atoms with Crippen molar-refractivity contribution >= 4 is 0 Å². The summed E-state index contributed by atoms with van der Waals surface area (Å²) in [6.45, 7) is 7.84. The first-order valence-corrected chi connectivity index (χ1v) is 7.79. The Hall–Kier alpha value is -0.900. The molecular formula is C17H27NO2. The van der Waals surface area contributed by atoms with Crippen molar-refractivity contribution < 1.29 is 9.47 Å². The smallest absolute Gasteiger partial charge is 0.0720 e. The molecule has 112 valence electrons. The summed E-state index contributed by atoms with van der Waals surface area (Å²) in [6.07, 6.45) is 4.06. The molecule has 0 bridgehead atoms. The lowest BCUT2D eigenvalue weighted by Crippen LogP contribution is -2.32. The average Bonchev–Trinajstić information content (AvgIpc) is 2.52. The van der Waals surface area contributed by atoms with Crippen LogP contribution in [0.25, 0.3) is 0 Å². The van der Waals surface area contributed by atoms with E-state index in [0.717, 1.165) is 39.0 Å². The van der Waals surface area contributed by atoms with Gasteiger partial charge in [0.1, 0.15) is 0 Å². The van der Waals surface area contributed by atoms with Crippen molar-refractivity contribution in [2.45, 2.75) is 58.5 Å². The minimum Gasteiger partial charge on any atom is -0.374 e. The predicted molar refractivity (Wildman–Crippen MR) is 81.7 cm³/mol. The van der Waals surface area contributed by atoms with E-state index in [1.165, 1.54) is 11.1 Å². The second-order valence-electron chi connectivity index (χ2n) is 5.61. The Bertz CT molecular complexity index is 371. The zero-order chi connectivity index (χ0) is 14.2. The summed E-state index contributed by atoms with van der Waals surface area (Å²) in [7, 11) is 0. The predicted octanol–water partition coefficient (Wildman–Crippen LogP) is 3.27. The molecule has 0 saturated carbocycles. The van der Waals surface area contributed by atoms with Crippen LogP contribution in [0.2, 0.25) is 0 Å². The number of hydrogen-bond donors (Lipinski definition) is 1. The van der Waals surface area contributed by atoms with Crippen LogP contribution in [0.15, 0.2) is 24.3 Å². The highest BCUT2D eigenvalue weighted by Crippen LogP contribution is 2.13. The van der Waals surface area contributed by atoms with Crippen molar-refractivity contribution in [1.82, 2.24) is 5.32 Å². The SMILES string of the molecule is CCC(C)OCc1ccc(COC2CCNCC2)cc1. The lowest BCUT2D eigenvalue weighted by Gasteiger charge is -2.23. The summed E-state index contributed by atoms with van der Waals surface area (Å²) in [5, 5.41) is 3.35. The Morgan fingerprint density at radius 2 is 1.70 bits per heavy atom. The maximum atomic E-state index is 5.95. The molecule has 1 heterocycles. The molecule has 20 heavy (non-hydrogen) atoms. The first-order valence-electron chi connectivity index (χ1n) is 7.79. The van der Waals surface area contributed by atoms with E-state index in [4.69, 9.17) is 9.47 Å². The second kappa shape index (κ2) is 8.40. The normalized spacial score (nSPS) is 18.1. The first kappa shape index (κ1) is 15.5. The fourth-order valence-corrected chi connectivity index (χ4v) is 2.26. The lowest BCUT2D eigenvalue weighted by atomic mass is 10.1. The van der Waals surface area contributed by atoms with Gasteiger partial charge in [0.25, 0.3) is 0 Å². The van der Waals surface area contributed by atoms with Crippen molar-refractivity contribution in [2.75, 3.05) is 13.1 Å². The summed E-state index contributed by atoms with van der Waals surface area (Å²) >= 11 is 0. The van der Waals surface area contributed by atoms with Gasteiger partial charge in [-0.1, -0.05) is 31.2 Å². The van der Waals surface area contributed by atoms with Gasteiger partial charge < -0.3 is 14.8 Å². The number of ether oxygens (including phenoxy) is 2. The minimum atomic E-state index is 0.331. The number of benzene rings is 1. The van der Waals surface area contributed by atoms with E-state index in [0.29, 0.717) is 18.8 Å². The van der Waals surface area contributed by atoms with E-state index >= 15 is 0 Å². The molecule has 1 fully saturated rings. The van der Waals surface area contributed by atoms with Gasteiger partial charge in [-0.3, -0.25) is 0 Å². The Labute approximate surface area is 122 Å². The summed E-state index contributed by atoms with van der Waals surface area (Å²) in [5.41, 5.74) is 2.48. The van der Waals surface area contributed by atoms with E-state index in [1.54, 1.807) is 0 Å². The third-order valence-corrected chi connectivity index (χ3v) is 3.90. The van der Waals surface area contributed by atoms with Crippen molar-refractivity contribution in [3.63, 3.8) is 0 Å². The molecule has 0 spiro atoms. The molecule has 3 nitrogen and oxygen atoms in total. The number of nitrogens with one attached hydrogen (secondary N) is 1. The van der Waals surface area contributed by atoms with Gasteiger partial charge in [-0.15, -0.1) is 0 Å². The molecule has 2 rings (SSSR count). The first-order chi connectivity index (χ1) is 9.78. The van der Waals surface area contributed by atoms with E-state index in [9.17, 15) is 0 Å². The van der Waals surface area contributed by atoms with Crippen LogP contribution in [0.4, 0.5) is 0 Å². The number of rotatable bonds is 7. The van der Waals surface area contributed by atoms with Crippen LogP contribution in [0.5, 0.6) is 0 Å². The second-order valence-corrected chi connectivity index (χ2v) is 5.61. The summed E-state index contributed by atoms with van der Waals surface area (Å²) in [6, 6.07) is 8.58. The van der Waals surface area contributed by atoms with Crippen LogP contribution in [-0.2, 0) is 22.7 Å². The third-order valence-electron chi connectivity index (χ3n) is 3.90. The maximum absolute atomic E-state index is 5.95. The highest BCUT2D eigenvalue weighted by molar-refractivity contribution is 5.21. The fraction of sp³-hybridized carbons (Fsp3) is 0.647. The number of piperidine rings is 1. The molecule has 1 atom stereocenters. The summed E-state index contributed by atoms with van der Waals surface area (Å²) in [5.74, 6) is 0. The Morgan fingerprint density at radius 3 is 2.30 bits per heavy atom. The summed E-state index contributed by atoms with van der Waals surface area (Å²) < 4.78 is 11.7. The highest BCUT2D eigenvalue weighted by atomic mass is 16.5. The van der Waals surface area contributed by atoms with Crippen molar-refractivity contribution in [3.8, 4) is 0 Å². The van der Waals surface area contributed by atoms with Crippen LogP contribution in [0.1, 0.15) is 44.2 Å². The zero-order valence-corrected chi connectivity index (χ0v) is 12.7. The van der Waals surface area contributed by atoms with Gasteiger partial charge in [0.15, 0.2) is 0 Å². The highest BCUT2D eigenvalue weighted by Gasteiger charge is 2.12. The van der Waals surface area contributed by atoms with Crippen LogP contribution < -0.4 is 5.32 Å². The van der Waals surface area contributed by atoms with E-state index in [1.807, 2.05) is 0 Å². The molecule has 0 amide bonds. The molecule has 0 aliphatic carbocycles. The molecule has 1 aromatic carbocycles. The van der Waals surface area contributed by atoms with Crippen LogP contribution in [-0.4, -0.2) is 25.3 Å². The molecule has 3 heteroatoms. The molecule has 1 saturated heterocycles. The Morgan fingerprint density at radius 1 is 1.10 bits per heavy atom. The summed E-state index contributed by atoms with van der Waals surface area (Å²) in [4.78, 5) is 0. The largest absolute Gasteiger partial charge is 0.374 e. The van der Waals surface area contributed by atoms with E-state index in [-0.39, 0.29) is 0 Å². The van der Waals surface area contributed by atoms with Gasteiger partial charge in [0.05, 0.1) is 25.4 Å². The quantitative estimate of drug-likeness (QED) is 0.829. The van der Waals surface area contributed by atoms with E-state index in [2.05, 4.69) is 43.4 Å². The van der Waals surface area contributed by atoms with Crippen LogP contribution >= 0.6 is 0 Å². The molecule has 1 aromatic rings. The molecule has 1 aliphatic heterocycles. The Kier molecular flexibility index (Phi) is 6.51. The molecule has 0 aromatic heterocycles. The molecule has 1 unspecified atom stereocenters. The lowest BCUT2D eigenvalue weighted by molar-refractivity contribution is 0.0211. The van der Waals surface area contributed by atoms with E-state index < -0.39 is 0 Å².